The second-order valence-corrected chi connectivity index (χ2v) is 5.47. The lowest BCUT2D eigenvalue weighted by Gasteiger charge is -2.15. The van der Waals surface area contributed by atoms with E-state index in [4.69, 9.17) is 23.2 Å². The molecule has 0 saturated heterocycles. The third-order valence-corrected chi connectivity index (χ3v) is 3.65. The zero-order chi connectivity index (χ0) is 15.6. The molecule has 1 nitrogen and oxygen atoms in total. The fourth-order valence-electron chi connectivity index (χ4n) is 1.85. The zero-order valence-electron chi connectivity index (χ0n) is 11.1. The molecule has 0 bridgehead atoms. The summed E-state index contributed by atoms with van der Waals surface area (Å²) in [4.78, 5) is 0. The summed E-state index contributed by atoms with van der Waals surface area (Å²) in [6.07, 6.45) is -4.46. The average Bonchev–Trinajstić information content (AvgIpc) is 2.40. The minimum Gasteiger partial charge on any atom is -0.380 e. The summed E-state index contributed by atoms with van der Waals surface area (Å²) in [6, 6.07) is 9.02. The molecule has 0 saturated carbocycles. The van der Waals surface area contributed by atoms with Gasteiger partial charge in [0.25, 0.3) is 0 Å². The van der Waals surface area contributed by atoms with Gasteiger partial charge in [-0.05, 0) is 42.3 Å². The van der Waals surface area contributed by atoms with Crippen molar-refractivity contribution in [3.05, 3.63) is 63.1 Å². The number of halogens is 5. The van der Waals surface area contributed by atoms with Crippen LogP contribution in [0.5, 0.6) is 0 Å². The summed E-state index contributed by atoms with van der Waals surface area (Å²) < 4.78 is 38.9. The molecule has 2 aromatic carbocycles. The molecule has 1 N–H and O–H groups in total. The summed E-state index contributed by atoms with van der Waals surface area (Å²) in [5.74, 6) is 0. The van der Waals surface area contributed by atoms with Gasteiger partial charge in [0.2, 0.25) is 0 Å². The molecule has 0 aliphatic carbocycles. The van der Waals surface area contributed by atoms with Crippen LogP contribution in [0.4, 0.5) is 18.9 Å². The van der Waals surface area contributed by atoms with Gasteiger partial charge in [0.1, 0.15) is 0 Å². The Kier molecular flexibility index (Phi) is 4.69. The van der Waals surface area contributed by atoms with Crippen molar-refractivity contribution in [2.24, 2.45) is 0 Å². The predicted molar refractivity (Wildman–Crippen MR) is 80.0 cm³/mol. The van der Waals surface area contributed by atoms with Gasteiger partial charge >= 0.3 is 6.18 Å². The lowest BCUT2D eigenvalue weighted by Crippen LogP contribution is -2.10. The summed E-state index contributed by atoms with van der Waals surface area (Å²) in [7, 11) is 0. The molecule has 2 aromatic rings. The zero-order valence-corrected chi connectivity index (χ0v) is 12.6. The van der Waals surface area contributed by atoms with E-state index in [0.29, 0.717) is 5.02 Å². The van der Waals surface area contributed by atoms with Crippen LogP contribution in [0, 0.1) is 6.92 Å². The van der Waals surface area contributed by atoms with Gasteiger partial charge < -0.3 is 5.32 Å². The van der Waals surface area contributed by atoms with Crippen molar-refractivity contribution < 1.29 is 13.2 Å². The molecule has 0 radical (unpaired) electrons. The topological polar surface area (TPSA) is 12.0 Å². The minimum absolute atomic E-state index is 0.0106. The quantitative estimate of drug-likeness (QED) is 0.733. The van der Waals surface area contributed by atoms with E-state index in [1.165, 1.54) is 12.1 Å². The Labute approximate surface area is 130 Å². The first-order valence-electron chi connectivity index (χ1n) is 6.13. The first-order valence-corrected chi connectivity index (χ1v) is 6.88. The molecule has 0 unspecified atom stereocenters. The predicted octanol–water partition coefficient (Wildman–Crippen LogP) is 5.93. The average molecular weight is 334 g/mol. The molecule has 0 fully saturated rings. The van der Waals surface area contributed by atoms with E-state index in [1.807, 2.05) is 19.1 Å². The maximum atomic E-state index is 13.0. The molecule has 21 heavy (non-hydrogen) atoms. The molecule has 2 rings (SSSR count). The summed E-state index contributed by atoms with van der Waals surface area (Å²) >= 11 is 11.6. The Balaban J connectivity index is 2.22. The number of alkyl halides is 3. The minimum atomic E-state index is -4.46. The van der Waals surface area contributed by atoms with Crippen LogP contribution in [0.15, 0.2) is 36.4 Å². The van der Waals surface area contributed by atoms with Gasteiger partial charge in [-0.15, -0.1) is 0 Å². The van der Waals surface area contributed by atoms with Gasteiger partial charge in [0.05, 0.1) is 5.56 Å². The Morgan fingerprint density at radius 1 is 1.05 bits per heavy atom. The van der Waals surface area contributed by atoms with Gasteiger partial charge in [0.15, 0.2) is 0 Å². The summed E-state index contributed by atoms with van der Waals surface area (Å²) in [5, 5.41) is 3.40. The first-order chi connectivity index (χ1) is 9.77. The van der Waals surface area contributed by atoms with E-state index in [0.717, 1.165) is 17.2 Å². The lowest BCUT2D eigenvalue weighted by molar-refractivity contribution is -0.136. The molecule has 0 heterocycles. The maximum Gasteiger partial charge on any atom is 0.418 e. The van der Waals surface area contributed by atoms with Crippen LogP contribution in [0.25, 0.3) is 0 Å². The largest absolute Gasteiger partial charge is 0.418 e. The van der Waals surface area contributed by atoms with Crippen molar-refractivity contribution in [2.45, 2.75) is 19.6 Å². The van der Waals surface area contributed by atoms with Crippen LogP contribution >= 0.6 is 23.2 Å². The fourth-order valence-corrected chi connectivity index (χ4v) is 2.22. The van der Waals surface area contributed by atoms with Gasteiger partial charge in [0, 0.05) is 22.3 Å². The standard InChI is InChI=1S/C15H12Cl2F3N/c1-9-2-3-10(6-13(9)17)8-21-14-5-4-11(16)7-12(14)15(18,19)20/h2-7,21H,8H2,1H3. The second-order valence-electron chi connectivity index (χ2n) is 4.62. The van der Waals surface area contributed by atoms with Crippen molar-refractivity contribution in [3.63, 3.8) is 0 Å². The number of aryl methyl sites for hydroxylation is 1. The number of hydrogen-bond donors (Lipinski definition) is 1. The van der Waals surface area contributed by atoms with Crippen LogP contribution < -0.4 is 5.32 Å². The highest BCUT2D eigenvalue weighted by atomic mass is 35.5. The fraction of sp³-hybridized carbons (Fsp3) is 0.200. The number of rotatable bonds is 3. The van der Waals surface area contributed by atoms with E-state index in [1.54, 1.807) is 6.07 Å². The number of benzene rings is 2. The molecule has 112 valence electrons. The monoisotopic (exact) mass is 333 g/mol. The molecular weight excluding hydrogens is 322 g/mol. The second kappa shape index (κ2) is 6.16. The van der Waals surface area contributed by atoms with E-state index in [2.05, 4.69) is 5.32 Å². The van der Waals surface area contributed by atoms with Crippen LogP contribution in [0.3, 0.4) is 0 Å². The van der Waals surface area contributed by atoms with Crippen molar-refractivity contribution >= 4 is 28.9 Å². The van der Waals surface area contributed by atoms with Crippen molar-refractivity contribution in [3.8, 4) is 0 Å². The van der Waals surface area contributed by atoms with E-state index < -0.39 is 11.7 Å². The molecule has 0 aliphatic heterocycles. The SMILES string of the molecule is Cc1ccc(CNc2ccc(Cl)cc2C(F)(F)F)cc1Cl. The van der Waals surface area contributed by atoms with Crippen LogP contribution in [-0.2, 0) is 12.7 Å². The Morgan fingerprint density at radius 3 is 2.38 bits per heavy atom. The smallest absolute Gasteiger partial charge is 0.380 e. The number of anilines is 1. The van der Waals surface area contributed by atoms with Gasteiger partial charge in [-0.2, -0.15) is 13.2 Å². The first kappa shape index (κ1) is 16.0. The molecule has 0 spiro atoms. The molecule has 0 amide bonds. The highest BCUT2D eigenvalue weighted by Crippen LogP contribution is 2.36. The van der Waals surface area contributed by atoms with E-state index in [9.17, 15) is 13.2 Å². The molecular formula is C15H12Cl2F3N. The Morgan fingerprint density at radius 2 is 1.76 bits per heavy atom. The van der Waals surface area contributed by atoms with Gasteiger partial charge in [-0.1, -0.05) is 35.3 Å². The van der Waals surface area contributed by atoms with Gasteiger partial charge in [-0.3, -0.25) is 0 Å². The molecule has 0 aliphatic rings. The van der Waals surface area contributed by atoms with E-state index >= 15 is 0 Å². The Hall–Kier alpha value is -1.39. The lowest BCUT2D eigenvalue weighted by atomic mass is 10.1. The maximum absolute atomic E-state index is 13.0. The molecule has 0 atom stereocenters. The van der Waals surface area contributed by atoms with Crippen molar-refractivity contribution in [1.29, 1.82) is 0 Å². The van der Waals surface area contributed by atoms with Crippen molar-refractivity contribution in [1.82, 2.24) is 0 Å². The summed E-state index contributed by atoms with van der Waals surface area (Å²) in [6.45, 7) is 2.10. The van der Waals surface area contributed by atoms with E-state index in [-0.39, 0.29) is 17.3 Å². The third kappa shape index (κ3) is 4.05. The number of nitrogens with one attached hydrogen (secondary N) is 1. The van der Waals surface area contributed by atoms with Gasteiger partial charge in [-0.25, -0.2) is 0 Å². The van der Waals surface area contributed by atoms with Crippen LogP contribution in [0.2, 0.25) is 10.0 Å². The normalized spacial score (nSPS) is 11.5. The van der Waals surface area contributed by atoms with Crippen LogP contribution in [0.1, 0.15) is 16.7 Å². The number of hydrogen-bond acceptors (Lipinski definition) is 1. The molecule has 0 aromatic heterocycles. The summed E-state index contributed by atoms with van der Waals surface area (Å²) in [5.41, 5.74) is 0.924. The highest BCUT2D eigenvalue weighted by Gasteiger charge is 2.33. The highest BCUT2D eigenvalue weighted by molar-refractivity contribution is 6.31. The van der Waals surface area contributed by atoms with Crippen LogP contribution in [-0.4, -0.2) is 0 Å². The van der Waals surface area contributed by atoms with Crippen molar-refractivity contribution in [2.75, 3.05) is 5.32 Å². The third-order valence-electron chi connectivity index (χ3n) is 3.01. The Bertz CT molecular complexity index is 654. The molecule has 6 heteroatoms.